The van der Waals surface area contributed by atoms with Gasteiger partial charge in [-0.1, -0.05) is 24.3 Å². The fourth-order valence-electron chi connectivity index (χ4n) is 3.90. The fourth-order valence-corrected chi connectivity index (χ4v) is 3.90. The molecule has 1 saturated heterocycles. The molecule has 1 amide bonds. The molecular formula is C18H20N4O. The van der Waals surface area contributed by atoms with E-state index < -0.39 is 5.91 Å². The highest BCUT2D eigenvalue weighted by molar-refractivity contribution is 5.99. The number of nitrogens with zero attached hydrogens (tertiary/aromatic N) is 1. The Hall–Kier alpha value is -2.40. The number of aromatic nitrogens is 1. The molecule has 118 valence electrons. The monoisotopic (exact) mass is 308 g/mol. The maximum Gasteiger partial charge on any atom is 0.252 e. The summed E-state index contributed by atoms with van der Waals surface area (Å²) in [5, 5.41) is 3.56. The van der Waals surface area contributed by atoms with Crippen molar-refractivity contribution in [3.63, 3.8) is 0 Å². The van der Waals surface area contributed by atoms with Gasteiger partial charge in [-0.3, -0.25) is 4.79 Å². The van der Waals surface area contributed by atoms with Gasteiger partial charge < -0.3 is 16.8 Å². The van der Waals surface area contributed by atoms with Gasteiger partial charge in [0.15, 0.2) is 0 Å². The highest BCUT2D eigenvalue weighted by Crippen LogP contribution is 2.47. The van der Waals surface area contributed by atoms with Gasteiger partial charge in [0.25, 0.3) is 5.91 Å². The SMILES string of the molecule is NC(=O)c1cc2c(nc1N)C(CC1CCCN1)c1ccccc1-2. The van der Waals surface area contributed by atoms with Crippen molar-refractivity contribution >= 4 is 11.7 Å². The Bertz CT molecular complexity index is 781. The number of nitrogens with one attached hydrogen (secondary N) is 1. The molecule has 5 nitrogen and oxygen atoms in total. The Labute approximate surface area is 135 Å². The summed E-state index contributed by atoms with van der Waals surface area (Å²) < 4.78 is 0. The van der Waals surface area contributed by atoms with Crippen molar-refractivity contribution in [1.29, 1.82) is 0 Å². The van der Waals surface area contributed by atoms with E-state index in [1.807, 2.05) is 6.07 Å². The van der Waals surface area contributed by atoms with Crippen LogP contribution in [-0.2, 0) is 0 Å². The molecule has 1 fully saturated rings. The van der Waals surface area contributed by atoms with Gasteiger partial charge in [-0.05, 0) is 43.0 Å². The lowest BCUT2D eigenvalue weighted by Crippen LogP contribution is -2.24. The van der Waals surface area contributed by atoms with Gasteiger partial charge >= 0.3 is 0 Å². The maximum absolute atomic E-state index is 11.6. The van der Waals surface area contributed by atoms with Crippen molar-refractivity contribution in [1.82, 2.24) is 10.3 Å². The first kappa shape index (κ1) is 14.2. The van der Waals surface area contributed by atoms with E-state index in [-0.39, 0.29) is 11.7 Å². The number of carbonyl (C=O) groups excluding carboxylic acids is 1. The van der Waals surface area contributed by atoms with Crippen LogP contribution in [0.3, 0.4) is 0 Å². The first-order chi connectivity index (χ1) is 11.1. The lowest BCUT2D eigenvalue weighted by Gasteiger charge is -2.18. The van der Waals surface area contributed by atoms with Crippen molar-refractivity contribution in [2.24, 2.45) is 5.73 Å². The summed E-state index contributed by atoms with van der Waals surface area (Å²) >= 11 is 0. The molecule has 0 spiro atoms. The largest absolute Gasteiger partial charge is 0.383 e. The maximum atomic E-state index is 11.6. The number of rotatable bonds is 3. The number of anilines is 1. The highest BCUT2D eigenvalue weighted by atomic mass is 16.1. The minimum Gasteiger partial charge on any atom is -0.383 e. The number of nitrogens with two attached hydrogens (primary N) is 2. The normalized spacial score (nSPS) is 21.9. The summed E-state index contributed by atoms with van der Waals surface area (Å²) in [7, 11) is 0. The first-order valence-corrected chi connectivity index (χ1v) is 8.08. The lowest BCUT2D eigenvalue weighted by molar-refractivity contribution is 0.100. The van der Waals surface area contributed by atoms with Gasteiger partial charge in [0.1, 0.15) is 5.82 Å². The quantitative estimate of drug-likeness (QED) is 0.808. The van der Waals surface area contributed by atoms with E-state index in [0.717, 1.165) is 29.8 Å². The molecule has 0 radical (unpaired) electrons. The molecule has 1 aromatic carbocycles. The third kappa shape index (κ3) is 2.28. The lowest BCUT2D eigenvalue weighted by atomic mass is 9.92. The Morgan fingerprint density at radius 3 is 2.87 bits per heavy atom. The van der Waals surface area contributed by atoms with Crippen LogP contribution in [0.5, 0.6) is 0 Å². The van der Waals surface area contributed by atoms with E-state index in [4.69, 9.17) is 11.5 Å². The van der Waals surface area contributed by atoms with Crippen molar-refractivity contribution in [3.8, 4) is 11.1 Å². The van der Waals surface area contributed by atoms with Crippen LogP contribution in [-0.4, -0.2) is 23.5 Å². The molecule has 1 aromatic heterocycles. The summed E-state index contributed by atoms with van der Waals surface area (Å²) in [6, 6.07) is 10.6. The van der Waals surface area contributed by atoms with Crippen molar-refractivity contribution < 1.29 is 4.79 Å². The van der Waals surface area contributed by atoms with Gasteiger partial charge in [-0.15, -0.1) is 0 Å². The molecule has 2 heterocycles. The van der Waals surface area contributed by atoms with E-state index in [0.29, 0.717) is 11.6 Å². The standard InChI is InChI=1S/C18H20N4O/c19-17-15(18(20)23)9-14-12-6-2-1-5-11(12)13(16(14)22-17)8-10-4-3-7-21-10/h1-2,5-6,9-10,13,21H,3-4,7-8H2,(H2,19,22)(H2,20,23). The topological polar surface area (TPSA) is 94.0 Å². The van der Waals surface area contributed by atoms with Crippen molar-refractivity contribution in [3.05, 3.63) is 47.2 Å². The summed E-state index contributed by atoms with van der Waals surface area (Å²) in [6.45, 7) is 1.09. The summed E-state index contributed by atoms with van der Waals surface area (Å²) in [4.78, 5) is 16.1. The van der Waals surface area contributed by atoms with Crippen LogP contribution in [0.4, 0.5) is 5.82 Å². The number of pyridine rings is 1. The predicted molar refractivity (Wildman–Crippen MR) is 90.1 cm³/mol. The third-order valence-corrected chi connectivity index (χ3v) is 4.99. The second-order valence-corrected chi connectivity index (χ2v) is 6.39. The van der Waals surface area contributed by atoms with Crippen LogP contribution >= 0.6 is 0 Å². The smallest absolute Gasteiger partial charge is 0.252 e. The molecular weight excluding hydrogens is 288 g/mol. The molecule has 2 aromatic rings. The highest BCUT2D eigenvalue weighted by Gasteiger charge is 2.33. The third-order valence-electron chi connectivity index (χ3n) is 4.99. The number of hydrogen-bond acceptors (Lipinski definition) is 4. The van der Waals surface area contributed by atoms with E-state index in [2.05, 4.69) is 28.5 Å². The number of nitrogen functional groups attached to an aromatic ring is 1. The van der Waals surface area contributed by atoms with Crippen LogP contribution in [0.15, 0.2) is 30.3 Å². The van der Waals surface area contributed by atoms with Crippen LogP contribution < -0.4 is 16.8 Å². The van der Waals surface area contributed by atoms with Gasteiger partial charge in [0, 0.05) is 17.5 Å². The average Bonchev–Trinajstić information content (AvgIpc) is 3.14. The Balaban J connectivity index is 1.83. The Morgan fingerprint density at radius 2 is 2.13 bits per heavy atom. The minimum absolute atomic E-state index is 0.223. The van der Waals surface area contributed by atoms with Gasteiger partial charge in [-0.25, -0.2) is 4.98 Å². The van der Waals surface area contributed by atoms with Crippen LogP contribution in [0.25, 0.3) is 11.1 Å². The zero-order chi connectivity index (χ0) is 16.0. The second kappa shape index (κ2) is 5.35. The van der Waals surface area contributed by atoms with Gasteiger partial charge in [-0.2, -0.15) is 0 Å². The molecule has 0 bridgehead atoms. The molecule has 4 rings (SSSR count). The summed E-state index contributed by atoms with van der Waals surface area (Å²) in [5.74, 6) is -0.0781. The molecule has 0 saturated carbocycles. The fraction of sp³-hybridized carbons (Fsp3) is 0.333. The molecule has 5 N–H and O–H groups in total. The Morgan fingerprint density at radius 1 is 1.30 bits per heavy atom. The molecule has 5 heteroatoms. The van der Waals surface area contributed by atoms with Crippen molar-refractivity contribution in [2.45, 2.75) is 31.2 Å². The zero-order valence-corrected chi connectivity index (χ0v) is 12.9. The predicted octanol–water partition coefficient (Wildman–Crippen LogP) is 2.02. The van der Waals surface area contributed by atoms with Crippen LogP contribution in [0, 0.1) is 0 Å². The van der Waals surface area contributed by atoms with Crippen LogP contribution in [0.1, 0.15) is 46.8 Å². The van der Waals surface area contributed by atoms with E-state index in [9.17, 15) is 4.79 Å². The van der Waals surface area contributed by atoms with Crippen LogP contribution in [0.2, 0.25) is 0 Å². The number of carbonyl (C=O) groups is 1. The number of amides is 1. The molecule has 23 heavy (non-hydrogen) atoms. The summed E-state index contributed by atoms with van der Waals surface area (Å²) in [6.07, 6.45) is 3.43. The van der Waals surface area contributed by atoms with Crippen molar-refractivity contribution in [2.75, 3.05) is 12.3 Å². The minimum atomic E-state index is -0.531. The molecule has 1 aliphatic carbocycles. The number of primary amides is 1. The van der Waals surface area contributed by atoms with Gasteiger partial charge in [0.05, 0.1) is 11.3 Å². The van der Waals surface area contributed by atoms with Gasteiger partial charge in [0.2, 0.25) is 0 Å². The number of benzene rings is 1. The summed E-state index contributed by atoms with van der Waals surface area (Å²) in [5.41, 5.74) is 16.1. The Kier molecular flexibility index (Phi) is 3.31. The molecule has 2 aliphatic rings. The average molecular weight is 308 g/mol. The molecule has 2 unspecified atom stereocenters. The number of hydrogen-bond donors (Lipinski definition) is 3. The van der Waals surface area contributed by atoms with E-state index in [1.54, 1.807) is 6.07 Å². The molecule has 1 aliphatic heterocycles. The van der Waals surface area contributed by atoms with E-state index >= 15 is 0 Å². The van der Waals surface area contributed by atoms with E-state index in [1.165, 1.54) is 18.4 Å². The number of fused-ring (bicyclic) bond motifs is 3. The first-order valence-electron chi connectivity index (χ1n) is 8.08. The zero-order valence-electron chi connectivity index (χ0n) is 12.9. The molecule has 2 atom stereocenters. The second-order valence-electron chi connectivity index (χ2n) is 6.39.